The Morgan fingerprint density at radius 3 is 2.84 bits per heavy atom. The van der Waals surface area contributed by atoms with E-state index in [2.05, 4.69) is 30.2 Å². The van der Waals surface area contributed by atoms with E-state index in [1.807, 2.05) is 20.8 Å². The standard InChI is InChI=1S/C11H16N6OS/c1-4-12-8-15-9(18-7(2)3)17-11(16-8)19-10-13-5-6-14-10/h5-7H,4H2,1-3H3,(H,13,14)(H,12,15,16,17). The number of ether oxygens (including phenoxy) is 1. The molecular formula is C11H16N6OS. The molecule has 0 spiro atoms. The first-order chi connectivity index (χ1) is 9.17. The lowest BCUT2D eigenvalue weighted by Gasteiger charge is -2.10. The molecule has 0 bridgehead atoms. The van der Waals surface area contributed by atoms with Crippen molar-refractivity contribution in [3.63, 3.8) is 0 Å². The molecule has 0 aliphatic rings. The number of aromatic nitrogens is 5. The molecule has 0 saturated carbocycles. The Morgan fingerprint density at radius 1 is 1.37 bits per heavy atom. The first kappa shape index (κ1) is 13.6. The molecular weight excluding hydrogens is 264 g/mol. The fourth-order valence-corrected chi connectivity index (χ4v) is 1.95. The van der Waals surface area contributed by atoms with Gasteiger partial charge in [0.2, 0.25) is 11.1 Å². The summed E-state index contributed by atoms with van der Waals surface area (Å²) in [6.07, 6.45) is 3.44. The van der Waals surface area contributed by atoms with Crippen LogP contribution in [0.3, 0.4) is 0 Å². The lowest BCUT2D eigenvalue weighted by molar-refractivity contribution is 0.219. The minimum Gasteiger partial charge on any atom is -0.461 e. The number of hydrogen-bond acceptors (Lipinski definition) is 7. The maximum atomic E-state index is 5.51. The fraction of sp³-hybridized carbons (Fsp3) is 0.455. The van der Waals surface area contributed by atoms with Crippen molar-refractivity contribution >= 4 is 17.7 Å². The minimum atomic E-state index is 0.0124. The van der Waals surface area contributed by atoms with Gasteiger partial charge in [-0.3, -0.25) is 0 Å². The quantitative estimate of drug-likeness (QED) is 0.836. The van der Waals surface area contributed by atoms with Crippen LogP contribution in [0.4, 0.5) is 5.95 Å². The maximum Gasteiger partial charge on any atom is 0.322 e. The summed E-state index contributed by atoms with van der Waals surface area (Å²) in [7, 11) is 0. The SMILES string of the molecule is CCNc1nc(OC(C)C)nc(Sc2ncc[nH]2)n1. The highest BCUT2D eigenvalue weighted by molar-refractivity contribution is 7.99. The monoisotopic (exact) mass is 280 g/mol. The van der Waals surface area contributed by atoms with E-state index in [4.69, 9.17) is 4.74 Å². The van der Waals surface area contributed by atoms with Gasteiger partial charge in [0, 0.05) is 18.9 Å². The van der Waals surface area contributed by atoms with E-state index in [0.29, 0.717) is 17.1 Å². The number of H-pyrrole nitrogens is 1. The predicted molar refractivity (Wildman–Crippen MR) is 72.5 cm³/mol. The molecule has 19 heavy (non-hydrogen) atoms. The number of hydrogen-bond donors (Lipinski definition) is 2. The third-order valence-corrected chi connectivity index (χ3v) is 2.71. The van der Waals surface area contributed by atoms with Crippen molar-refractivity contribution in [2.75, 3.05) is 11.9 Å². The Labute approximate surface area is 115 Å². The first-order valence-corrected chi connectivity index (χ1v) is 6.83. The summed E-state index contributed by atoms with van der Waals surface area (Å²) < 4.78 is 5.51. The van der Waals surface area contributed by atoms with E-state index in [1.54, 1.807) is 12.4 Å². The van der Waals surface area contributed by atoms with E-state index < -0.39 is 0 Å². The number of nitrogens with one attached hydrogen (secondary N) is 2. The van der Waals surface area contributed by atoms with Crippen molar-refractivity contribution in [3.05, 3.63) is 12.4 Å². The summed E-state index contributed by atoms with van der Waals surface area (Å²) in [6, 6.07) is 0.315. The molecule has 0 aliphatic heterocycles. The van der Waals surface area contributed by atoms with E-state index in [1.165, 1.54) is 11.8 Å². The Morgan fingerprint density at radius 2 is 2.21 bits per heavy atom. The van der Waals surface area contributed by atoms with E-state index in [-0.39, 0.29) is 6.10 Å². The van der Waals surface area contributed by atoms with Crippen molar-refractivity contribution in [2.45, 2.75) is 37.2 Å². The molecule has 0 fully saturated rings. The summed E-state index contributed by atoms with van der Waals surface area (Å²) in [6.45, 7) is 6.56. The molecule has 0 radical (unpaired) electrons. The van der Waals surface area contributed by atoms with Gasteiger partial charge < -0.3 is 15.0 Å². The first-order valence-electron chi connectivity index (χ1n) is 6.01. The van der Waals surface area contributed by atoms with Crippen LogP contribution in [0.25, 0.3) is 0 Å². The van der Waals surface area contributed by atoms with Gasteiger partial charge in [-0.25, -0.2) is 4.98 Å². The molecule has 0 aliphatic carbocycles. The Balaban J connectivity index is 2.22. The fourth-order valence-electron chi connectivity index (χ4n) is 1.28. The second kappa shape index (κ2) is 6.37. The van der Waals surface area contributed by atoms with Gasteiger partial charge in [-0.05, 0) is 32.5 Å². The molecule has 8 heteroatoms. The smallest absolute Gasteiger partial charge is 0.322 e. The van der Waals surface area contributed by atoms with Crippen molar-refractivity contribution in [3.8, 4) is 6.01 Å². The molecule has 0 aromatic carbocycles. The van der Waals surface area contributed by atoms with Crippen molar-refractivity contribution in [1.29, 1.82) is 0 Å². The van der Waals surface area contributed by atoms with Crippen LogP contribution in [0.2, 0.25) is 0 Å². The lowest BCUT2D eigenvalue weighted by Crippen LogP contribution is -2.11. The minimum absolute atomic E-state index is 0.0124. The van der Waals surface area contributed by atoms with Gasteiger partial charge in [-0.1, -0.05) is 0 Å². The third-order valence-electron chi connectivity index (χ3n) is 1.93. The van der Waals surface area contributed by atoms with E-state index in [0.717, 1.165) is 11.7 Å². The predicted octanol–water partition coefficient (Wildman–Crippen LogP) is 1.96. The Kier molecular flexibility index (Phi) is 4.56. The molecule has 2 aromatic rings. The second-order valence-corrected chi connectivity index (χ2v) is 4.87. The molecule has 2 heterocycles. The number of imidazole rings is 1. The zero-order valence-corrected chi connectivity index (χ0v) is 11.9. The van der Waals surface area contributed by atoms with E-state index >= 15 is 0 Å². The Bertz CT molecular complexity index is 516. The van der Waals surface area contributed by atoms with Crippen molar-refractivity contribution in [2.24, 2.45) is 0 Å². The number of aromatic amines is 1. The van der Waals surface area contributed by atoms with Gasteiger partial charge in [-0.15, -0.1) is 0 Å². The van der Waals surface area contributed by atoms with Crippen LogP contribution in [-0.2, 0) is 0 Å². The van der Waals surface area contributed by atoms with Crippen LogP contribution in [0.1, 0.15) is 20.8 Å². The average molecular weight is 280 g/mol. The average Bonchev–Trinajstić information content (AvgIpc) is 2.81. The number of nitrogens with zero attached hydrogens (tertiary/aromatic N) is 4. The van der Waals surface area contributed by atoms with Crippen LogP contribution < -0.4 is 10.1 Å². The van der Waals surface area contributed by atoms with Crippen LogP contribution >= 0.6 is 11.8 Å². The third kappa shape index (κ3) is 4.09. The van der Waals surface area contributed by atoms with Crippen molar-refractivity contribution in [1.82, 2.24) is 24.9 Å². The molecule has 0 unspecified atom stereocenters. The molecule has 0 atom stereocenters. The zero-order chi connectivity index (χ0) is 13.7. The molecule has 102 valence electrons. The van der Waals surface area contributed by atoms with E-state index in [9.17, 15) is 0 Å². The van der Waals surface area contributed by atoms with Gasteiger partial charge in [0.15, 0.2) is 5.16 Å². The van der Waals surface area contributed by atoms with Gasteiger partial charge in [0.25, 0.3) is 0 Å². The van der Waals surface area contributed by atoms with Gasteiger partial charge >= 0.3 is 6.01 Å². The molecule has 2 aromatic heterocycles. The summed E-state index contributed by atoms with van der Waals surface area (Å²) in [5.74, 6) is 0.502. The summed E-state index contributed by atoms with van der Waals surface area (Å²) in [5.41, 5.74) is 0. The summed E-state index contributed by atoms with van der Waals surface area (Å²) in [5, 5.41) is 4.32. The van der Waals surface area contributed by atoms with Gasteiger partial charge in [0.1, 0.15) is 0 Å². The largest absolute Gasteiger partial charge is 0.461 e. The summed E-state index contributed by atoms with van der Waals surface area (Å²) >= 11 is 1.33. The number of rotatable bonds is 6. The molecule has 0 amide bonds. The molecule has 2 N–H and O–H groups in total. The van der Waals surface area contributed by atoms with Crippen molar-refractivity contribution < 1.29 is 4.74 Å². The van der Waals surface area contributed by atoms with Gasteiger partial charge in [0.05, 0.1) is 6.10 Å². The topological polar surface area (TPSA) is 88.6 Å². The highest BCUT2D eigenvalue weighted by Gasteiger charge is 2.10. The molecule has 0 saturated heterocycles. The highest BCUT2D eigenvalue weighted by Crippen LogP contribution is 2.23. The van der Waals surface area contributed by atoms with Crippen LogP contribution in [0, 0.1) is 0 Å². The lowest BCUT2D eigenvalue weighted by atomic mass is 10.5. The highest BCUT2D eigenvalue weighted by atomic mass is 32.2. The van der Waals surface area contributed by atoms with Crippen LogP contribution in [-0.4, -0.2) is 37.6 Å². The molecule has 2 rings (SSSR count). The molecule has 7 nitrogen and oxygen atoms in total. The summed E-state index contributed by atoms with van der Waals surface area (Å²) in [4.78, 5) is 19.8. The maximum absolute atomic E-state index is 5.51. The van der Waals surface area contributed by atoms with Crippen LogP contribution in [0.5, 0.6) is 6.01 Å². The van der Waals surface area contributed by atoms with Gasteiger partial charge in [-0.2, -0.15) is 15.0 Å². The normalized spacial score (nSPS) is 10.7. The second-order valence-electron chi connectivity index (χ2n) is 3.92. The zero-order valence-electron chi connectivity index (χ0n) is 11.0. The van der Waals surface area contributed by atoms with Crippen LogP contribution in [0.15, 0.2) is 22.7 Å². The Hall–Kier alpha value is -1.83. The number of anilines is 1.